The standard InChI is InChI=1S/C21H21FN6O3/c1-21(2)6-3-4-13-8-12(22)9-15(24-13)16-11-31-20(30)28(16)17-5-7-27-18(25-17)14(10-23-27)19(29)26-21/h5,7-10,16H,3-4,6,11H2,1-2H3,(H,26,29). The summed E-state index contributed by atoms with van der Waals surface area (Å²) >= 11 is 0. The molecule has 2 aliphatic heterocycles. The van der Waals surface area contributed by atoms with E-state index in [9.17, 15) is 14.0 Å². The lowest BCUT2D eigenvalue weighted by molar-refractivity contribution is 0.0910. The first-order chi connectivity index (χ1) is 14.8. The normalized spacial score (nSPS) is 20.7. The number of amides is 2. The van der Waals surface area contributed by atoms with Gasteiger partial charge in [0.05, 0.1) is 11.9 Å². The van der Waals surface area contributed by atoms with Gasteiger partial charge in [-0.15, -0.1) is 0 Å². The number of aryl methyl sites for hydroxylation is 1. The van der Waals surface area contributed by atoms with Gasteiger partial charge in [-0.1, -0.05) is 0 Å². The Morgan fingerprint density at radius 3 is 2.94 bits per heavy atom. The molecular formula is C21H21FN6O3. The van der Waals surface area contributed by atoms with Gasteiger partial charge in [0.2, 0.25) is 0 Å². The first-order valence-electron chi connectivity index (χ1n) is 10.1. The number of pyridine rings is 1. The molecule has 1 atom stereocenters. The highest BCUT2D eigenvalue weighted by Crippen LogP contribution is 2.32. The number of carbonyl (C=O) groups excluding carboxylic acids is 2. The number of rotatable bonds is 0. The largest absolute Gasteiger partial charge is 0.446 e. The predicted octanol–water partition coefficient (Wildman–Crippen LogP) is 2.81. The van der Waals surface area contributed by atoms with E-state index in [4.69, 9.17) is 4.74 Å². The number of nitrogens with one attached hydrogen (secondary N) is 1. The van der Waals surface area contributed by atoms with E-state index in [1.54, 1.807) is 12.3 Å². The van der Waals surface area contributed by atoms with Crippen LogP contribution in [0.1, 0.15) is 54.5 Å². The molecule has 4 bridgehead atoms. The highest BCUT2D eigenvalue weighted by Gasteiger charge is 2.38. The molecular weight excluding hydrogens is 403 g/mol. The van der Waals surface area contributed by atoms with Gasteiger partial charge in [-0.3, -0.25) is 9.78 Å². The maximum atomic E-state index is 14.4. The second-order valence-electron chi connectivity index (χ2n) is 8.47. The van der Waals surface area contributed by atoms with Crippen LogP contribution in [0.25, 0.3) is 5.65 Å². The van der Waals surface area contributed by atoms with Gasteiger partial charge in [0.15, 0.2) is 5.65 Å². The van der Waals surface area contributed by atoms with Gasteiger partial charge < -0.3 is 10.1 Å². The molecule has 31 heavy (non-hydrogen) atoms. The van der Waals surface area contributed by atoms with Crippen molar-refractivity contribution in [1.82, 2.24) is 24.9 Å². The SMILES string of the molecule is CC1(C)CCCc2cc(F)cc(n2)C2COC(=O)N2c2ccn3ncc(c3n2)C(=O)N1. The van der Waals surface area contributed by atoms with E-state index < -0.39 is 23.5 Å². The van der Waals surface area contributed by atoms with Crippen molar-refractivity contribution in [3.05, 3.63) is 53.4 Å². The van der Waals surface area contributed by atoms with Crippen molar-refractivity contribution < 1.29 is 18.7 Å². The van der Waals surface area contributed by atoms with Crippen molar-refractivity contribution >= 4 is 23.5 Å². The van der Waals surface area contributed by atoms with Crippen molar-refractivity contribution in [2.24, 2.45) is 0 Å². The summed E-state index contributed by atoms with van der Waals surface area (Å²) in [6.07, 6.45) is 4.37. The average molecular weight is 424 g/mol. The number of fused-ring (bicyclic) bond motifs is 6. The van der Waals surface area contributed by atoms with Gasteiger partial charge in [0, 0.05) is 17.4 Å². The lowest BCUT2D eigenvalue weighted by Gasteiger charge is -2.26. The number of hydrogen-bond acceptors (Lipinski definition) is 6. The molecule has 0 radical (unpaired) electrons. The van der Waals surface area contributed by atoms with Crippen molar-refractivity contribution in [1.29, 1.82) is 0 Å². The molecule has 2 aliphatic rings. The first-order valence-corrected chi connectivity index (χ1v) is 10.1. The van der Waals surface area contributed by atoms with E-state index in [2.05, 4.69) is 20.4 Å². The zero-order chi connectivity index (χ0) is 21.8. The average Bonchev–Trinajstić information content (AvgIpc) is 3.29. The van der Waals surface area contributed by atoms with Crippen LogP contribution in [0.4, 0.5) is 15.0 Å². The third-order valence-electron chi connectivity index (χ3n) is 5.61. The maximum absolute atomic E-state index is 14.4. The second-order valence-corrected chi connectivity index (χ2v) is 8.47. The molecule has 3 aromatic rings. The van der Waals surface area contributed by atoms with Crippen molar-refractivity contribution in [2.75, 3.05) is 11.5 Å². The van der Waals surface area contributed by atoms with Crippen LogP contribution in [0, 0.1) is 5.82 Å². The van der Waals surface area contributed by atoms with Crippen molar-refractivity contribution in [2.45, 2.75) is 44.7 Å². The van der Waals surface area contributed by atoms with Gasteiger partial charge in [0.25, 0.3) is 5.91 Å². The Labute approximate surface area is 177 Å². The molecule has 1 unspecified atom stereocenters. The van der Waals surface area contributed by atoms with Crippen molar-refractivity contribution in [3.8, 4) is 0 Å². The van der Waals surface area contributed by atoms with E-state index in [0.29, 0.717) is 41.9 Å². The molecule has 0 spiro atoms. The Morgan fingerprint density at radius 1 is 1.26 bits per heavy atom. The predicted molar refractivity (Wildman–Crippen MR) is 108 cm³/mol. The molecule has 0 saturated carbocycles. The Kier molecular flexibility index (Phi) is 4.38. The molecule has 0 aliphatic carbocycles. The van der Waals surface area contributed by atoms with E-state index in [-0.39, 0.29) is 18.3 Å². The van der Waals surface area contributed by atoms with Crippen LogP contribution in [-0.4, -0.2) is 43.7 Å². The molecule has 2 amide bonds. The Hall–Kier alpha value is -3.56. The van der Waals surface area contributed by atoms with E-state index in [1.165, 1.54) is 27.7 Å². The molecule has 160 valence electrons. The summed E-state index contributed by atoms with van der Waals surface area (Å²) in [6, 6.07) is 3.69. The van der Waals surface area contributed by atoms with Crippen LogP contribution >= 0.6 is 0 Å². The monoisotopic (exact) mass is 424 g/mol. The summed E-state index contributed by atoms with van der Waals surface area (Å²) in [5.41, 5.74) is 1.11. The molecule has 10 heteroatoms. The number of carbonyl (C=O) groups is 2. The number of ether oxygens (including phenoxy) is 1. The number of halogens is 1. The van der Waals surface area contributed by atoms with Gasteiger partial charge in [-0.05, 0) is 51.3 Å². The lowest BCUT2D eigenvalue weighted by Crippen LogP contribution is -2.43. The quantitative estimate of drug-likeness (QED) is 0.596. The van der Waals surface area contributed by atoms with Gasteiger partial charge >= 0.3 is 6.09 Å². The smallest absolute Gasteiger partial charge is 0.416 e. The third-order valence-corrected chi connectivity index (χ3v) is 5.61. The van der Waals surface area contributed by atoms with Crippen LogP contribution in [0.15, 0.2) is 30.6 Å². The van der Waals surface area contributed by atoms with Crippen LogP contribution < -0.4 is 10.2 Å². The highest BCUT2D eigenvalue weighted by molar-refractivity contribution is 6.00. The van der Waals surface area contributed by atoms with Crippen LogP contribution in [0.2, 0.25) is 0 Å². The highest BCUT2D eigenvalue weighted by atomic mass is 19.1. The number of anilines is 1. The maximum Gasteiger partial charge on any atom is 0.416 e. The first kappa shape index (κ1) is 19.4. The Balaban J connectivity index is 1.68. The fourth-order valence-corrected chi connectivity index (χ4v) is 4.07. The fraction of sp³-hybridized carbons (Fsp3) is 0.381. The van der Waals surface area contributed by atoms with E-state index >= 15 is 0 Å². The van der Waals surface area contributed by atoms with Gasteiger partial charge in [-0.25, -0.2) is 23.6 Å². The number of nitrogens with zero attached hydrogens (tertiary/aromatic N) is 5. The van der Waals surface area contributed by atoms with Gasteiger partial charge in [-0.2, -0.15) is 5.10 Å². The van der Waals surface area contributed by atoms with E-state index in [0.717, 1.165) is 0 Å². The molecule has 3 aromatic heterocycles. The Morgan fingerprint density at radius 2 is 2.10 bits per heavy atom. The minimum atomic E-state index is -0.626. The topological polar surface area (TPSA) is 102 Å². The zero-order valence-electron chi connectivity index (χ0n) is 17.1. The zero-order valence-corrected chi connectivity index (χ0v) is 17.1. The minimum Gasteiger partial charge on any atom is -0.446 e. The summed E-state index contributed by atoms with van der Waals surface area (Å²) in [5, 5.41) is 7.22. The summed E-state index contributed by atoms with van der Waals surface area (Å²) in [7, 11) is 0. The number of cyclic esters (lactones) is 1. The minimum absolute atomic E-state index is 0.0290. The van der Waals surface area contributed by atoms with Crippen LogP contribution in [0.5, 0.6) is 0 Å². The molecule has 5 rings (SSSR count). The molecule has 5 heterocycles. The summed E-state index contributed by atoms with van der Waals surface area (Å²) in [4.78, 5) is 36.0. The second kappa shape index (κ2) is 7.00. The molecule has 1 N–H and O–H groups in total. The fourth-order valence-electron chi connectivity index (χ4n) is 4.07. The molecule has 1 saturated heterocycles. The Bertz CT molecular complexity index is 1210. The number of aromatic nitrogens is 4. The molecule has 1 fully saturated rings. The van der Waals surface area contributed by atoms with Crippen LogP contribution in [0.3, 0.4) is 0 Å². The lowest BCUT2D eigenvalue weighted by atomic mass is 9.96. The van der Waals surface area contributed by atoms with Crippen molar-refractivity contribution in [3.63, 3.8) is 0 Å². The third kappa shape index (κ3) is 3.47. The van der Waals surface area contributed by atoms with E-state index in [1.807, 2.05) is 13.8 Å². The number of hydrogen-bond donors (Lipinski definition) is 1. The summed E-state index contributed by atoms with van der Waals surface area (Å²) in [5.74, 6) is -0.446. The van der Waals surface area contributed by atoms with Crippen LogP contribution in [-0.2, 0) is 11.2 Å². The summed E-state index contributed by atoms with van der Waals surface area (Å²) in [6.45, 7) is 3.90. The molecule has 9 nitrogen and oxygen atoms in total. The summed E-state index contributed by atoms with van der Waals surface area (Å²) < 4.78 is 21.1. The van der Waals surface area contributed by atoms with Gasteiger partial charge in [0.1, 0.15) is 29.8 Å². The molecule has 0 aromatic carbocycles.